The summed E-state index contributed by atoms with van der Waals surface area (Å²) in [6.07, 6.45) is 0.477. The van der Waals surface area contributed by atoms with Gasteiger partial charge in [-0.3, -0.25) is 9.59 Å². The number of piperazine rings is 1. The van der Waals surface area contributed by atoms with Crippen LogP contribution >= 0.6 is 23.2 Å². The number of hydrogen-bond donors (Lipinski definition) is 0. The molecule has 5 nitrogen and oxygen atoms in total. The van der Waals surface area contributed by atoms with Gasteiger partial charge in [0.05, 0.1) is 12.5 Å². The van der Waals surface area contributed by atoms with Gasteiger partial charge < -0.3 is 14.5 Å². The molecule has 0 unspecified atom stereocenters. The first-order valence-corrected chi connectivity index (χ1v) is 8.65. The molecule has 130 valence electrons. The number of halogens is 2. The van der Waals surface area contributed by atoms with E-state index in [9.17, 15) is 9.59 Å². The summed E-state index contributed by atoms with van der Waals surface area (Å²) in [5, 5.41) is 0. The Morgan fingerprint density at radius 3 is 2.25 bits per heavy atom. The first-order chi connectivity index (χ1) is 11.3. The Kier molecular flexibility index (Phi) is 4.43. The summed E-state index contributed by atoms with van der Waals surface area (Å²) in [6, 6.07) is 7.08. The lowest BCUT2D eigenvalue weighted by atomic mass is 10.1. The third-order valence-corrected chi connectivity index (χ3v) is 6.00. The molecule has 1 atom stereocenters. The lowest BCUT2D eigenvalue weighted by Crippen LogP contribution is -2.52. The van der Waals surface area contributed by atoms with Crippen molar-refractivity contribution in [2.75, 3.05) is 33.3 Å². The minimum Gasteiger partial charge on any atom is -0.497 e. The minimum absolute atomic E-state index is 0.0269. The second-order valence-electron chi connectivity index (χ2n) is 6.53. The lowest BCUT2D eigenvalue weighted by Gasteiger charge is -2.36. The van der Waals surface area contributed by atoms with Crippen LogP contribution in [0.15, 0.2) is 24.3 Å². The maximum atomic E-state index is 12.6. The molecule has 2 amide bonds. The largest absolute Gasteiger partial charge is 0.497 e. The summed E-state index contributed by atoms with van der Waals surface area (Å²) in [5.74, 6) is 0.570. The third kappa shape index (κ3) is 2.95. The van der Waals surface area contributed by atoms with Crippen LogP contribution in [-0.4, -0.2) is 59.2 Å². The summed E-state index contributed by atoms with van der Waals surface area (Å²) in [7, 11) is 1.57. The van der Waals surface area contributed by atoms with E-state index in [-0.39, 0.29) is 11.8 Å². The van der Waals surface area contributed by atoms with Gasteiger partial charge in [0.1, 0.15) is 10.1 Å². The average molecular weight is 371 g/mol. The van der Waals surface area contributed by atoms with E-state index < -0.39 is 9.75 Å². The maximum absolute atomic E-state index is 12.6. The van der Waals surface area contributed by atoms with Gasteiger partial charge in [-0.2, -0.15) is 0 Å². The molecule has 1 aliphatic carbocycles. The Labute approximate surface area is 151 Å². The molecular weight excluding hydrogens is 351 g/mol. The number of ether oxygens (including phenoxy) is 1. The van der Waals surface area contributed by atoms with Crippen LogP contribution in [-0.2, 0) is 4.79 Å². The molecule has 1 heterocycles. The maximum Gasteiger partial charge on any atom is 0.254 e. The highest BCUT2D eigenvalue weighted by Crippen LogP contribution is 2.64. The van der Waals surface area contributed by atoms with Crippen LogP contribution in [0.3, 0.4) is 0 Å². The van der Waals surface area contributed by atoms with Crippen LogP contribution in [0.25, 0.3) is 0 Å². The van der Waals surface area contributed by atoms with Crippen molar-refractivity contribution in [2.24, 2.45) is 5.41 Å². The molecule has 0 bridgehead atoms. The number of alkyl halides is 2. The summed E-state index contributed by atoms with van der Waals surface area (Å²) in [5.41, 5.74) is -0.112. The number of methoxy groups -OCH3 is 1. The normalized spacial score (nSPS) is 25.3. The second kappa shape index (κ2) is 6.12. The zero-order valence-corrected chi connectivity index (χ0v) is 15.2. The van der Waals surface area contributed by atoms with E-state index in [1.54, 1.807) is 48.1 Å². The zero-order chi connectivity index (χ0) is 17.5. The Bertz CT molecular complexity index is 672. The van der Waals surface area contributed by atoms with Crippen molar-refractivity contribution >= 4 is 35.0 Å². The highest BCUT2D eigenvalue weighted by molar-refractivity contribution is 6.53. The molecule has 2 fully saturated rings. The van der Waals surface area contributed by atoms with Crippen LogP contribution < -0.4 is 4.74 Å². The third-order valence-electron chi connectivity index (χ3n) is 4.90. The quantitative estimate of drug-likeness (QED) is 0.768. The van der Waals surface area contributed by atoms with E-state index in [0.29, 0.717) is 43.9 Å². The molecule has 1 aromatic rings. The summed E-state index contributed by atoms with van der Waals surface area (Å²) in [4.78, 5) is 28.7. The van der Waals surface area contributed by atoms with Gasteiger partial charge in [0, 0.05) is 31.7 Å². The van der Waals surface area contributed by atoms with Crippen LogP contribution in [0.2, 0.25) is 0 Å². The topological polar surface area (TPSA) is 49.9 Å². The molecule has 1 aliphatic heterocycles. The molecule has 0 radical (unpaired) electrons. The van der Waals surface area contributed by atoms with Gasteiger partial charge in [0.2, 0.25) is 5.91 Å². The molecule has 1 saturated heterocycles. The van der Waals surface area contributed by atoms with Gasteiger partial charge in [-0.25, -0.2) is 0 Å². The molecular formula is C17H20Cl2N2O3. The van der Waals surface area contributed by atoms with Crippen molar-refractivity contribution < 1.29 is 14.3 Å². The predicted molar refractivity (Wildman–Crippen MR) is 92.6 cm³/mol. The fourth-order valence-corrected chi connectivity index (χ4v) is 3.73. The molecule has 1 aromatic carbocycles. The first-order valence-electron chi connectivity index (χ1n) is 7.89. The number of carbonyl (C=O) groups is 2. The average Bonchev–Trinajstić information content (AvgIpc) is 3.13. The smallest absolute Gasteiger partial charge is 0.254 e. The molecule has 7 heteroatoms. The number of hydrogen-bond acceptors (Lipinski definition) is 3. The number of carbonyl (C=O) groups excluding carboxylic acids is 2. The van der Waals surface area contributed by atoms with Crippen molar-refractivity contribution in [3.8, 4) is 5.75 Å². The van der Waals surface area contributed by atoms with Crippen molar-refractivity contribution in [1.82, 2.24) is 9.80 Å². The Morgan fingerprint density at radius 2 is 1.71 bits per heavy atom. The van der Waals surface area contributed by atoms with E-state index in [4.69, 9.17) is 27.9 Å². The van der Waals surface area contributed by atoms with Gasteiger partial charge in [-0.15, -0.1) is 23.2 Å². The first kappa shape index (κ1) is 17.4. The summed E-state index contributed by atoms with van der Waals surface area (Å²) < 4.78 is 4.20. The summed E-state index contributed by atoms with van der Waals surface area (Å²) in [6.45, 7) is 3.77. The van der Waals surface area contributed by atoms with Gasteiger partial charge in [0.15, 0.2) is 0 Å². The van der Waals surface area contributed by atoms with Crippen LogP contribution in [0.5, 0.6) is 5.75 Å². The van der Waals surface area contributed by atoms with Gasteiger partial charge >= 0.3 is 0 Å². The van der Waals surface area contributed by atoms with Gasteiger partial charge in [-0.05, 0) is 31.5 Å². The predicted octanol–water partition coefficient (Wildman–Crippen LogP) is 2.56. The van der Waals surface area contributed by atoms with Crippen LogP contribution in [0.1, 0.15) is 23.7 Å². The van der Waals surface area contributed by atoms with Crippen molar-refractivity contribution in [1.29, 1.82) is 0 Å². The number of rotatable bonds is 3. The van der Waals surface area contributed by atoms with Gasteiger partial charge in [0.25, 0.3) is 5.91 Å². The van der Waals surface area contributed by atoms with Gasteiger partial charge in [-0.1, -0.05) is 6.07 Å². The molecule has 0 aromatic heterocycles. The number of benzene rings is 1. The lowest BCUT2D eigenvalue weighted by molar-refractivity contribution is -0.137. The van der Waals surface area contributed by atoms with E-state index in [1.807, 2.05) is 0 Å². The Morgan fingerprint density at radius 1 is 1.12 bits per heavy atom. The van der Waals surface area contributed by atoms with Crippen LogP contribution in [0.4, 0.5) is 0 Å². The molecule has 1 saturated carbocycles. The van der Waals surface area contributed by atoms with Crippen molar-refractivity contribution in [3.63, 3.8) is 0 Å². The van der Waals surface area contributed by atoms with E-state index in [0.717, 1.165) is 0 Å². The Balaban J connectivity index is 1.61. The van der Waals surface area contributed by atoms with Crippen molar-refractivity contribution in [2.45, 2.75) is 17.7 Å². The molecule has 0 N–H and O–H groups in total. The Hall–Kier alpha value is -1.46. The zero-order valence-electron chi connectivity index (χ0n) is 13.7. The monoisotopic (exact) mass is 370 g/mol. The standard InChI is InChI=1S/C17H20Cl2N2O3/c1-16(11-17(16,18)19)15(23)21-8-6-20(7-9-21)14(22)12-4-3-5-13(10-12)24-2/h3-5,10H,6-9,11H2,1-2H3/t16-/m1/s1. The highest BCUT2D eigenvalue weighted by atomic mass is 35.5. The van der Waals surface area contributed by atoms with Crippen molar-refractivity contribution in [3.05, 3.63) is 29.8 Å². The molecule has 24 heavy (non-hydrogen) atoms. The number of amides is 2. The fraction of sp³-hybridized carbons (Fsp3) is 0.529. The molecule has 3 rings (SSSR count). The van der Waals surface area contributed by atoms with E-state index in [1.165, 1.54) is 0 Å². The van der Waals surface area contributed by atoms with E-state index >= 15 is 0 Å². The molecule has 2 aliphatic rings. The van der Waals surface area contributed by atoms with Crippen LogP contribution in [0, 0.1) is 5.41 Å². The minimum atomic E-state index is -0.961. The second-order valence-corrected chi connectivity index (χ2v) is 8.01. The molecule has 0 spiro atoms. The summed E-state index contributed by atoms with van der Waals surface area (Å²) >= 11 is 12.2. The number of nitrogens with zero attached hydrogens (tertiary/aromatic N) is 2. The SMILES string of the molecule is COc1cccc(C(=O)N2CCN(C(=O)[C@@]3(C)CC3(Cl)Cl)CC2)c1. The highest BCUT2D eigenvalue weighted by Gasteiger charge is 2.68. The fourth-order valence-electron chi connectivity index (χ4n) is 3.03. The van der Waals surface area contributed by atoms with E-state index in [2.05, 4.69) is 0 Å².